The first-order valence-electron chi connectivity index (χ1n) is 7.97. The number of nitrogens with zero attached hydrogens (tertiary/aromatic N) is 1. The summed E-state index contributed by atoms with van der Waals surface area (Å²) in [6.45, 7) is 4.06. The molecule has 0 aliphatic carbocycles. The van der Waals surface area contributed by atoms with Crippen LogP contribution in [0.2, 0.25) is 0 Å². The smallest absolute Gasteiger partial charge is 0.255 e. The van der Waals surface area contributed by atoms with E-state index in [-0.39, 0.29) is 11.8 Å². The molecule has 0 saturated carbocycles. The summed E-state index contributed by atoms with van der Waals surface area (Å²) in [5.41, 5.74) is 3.90. The van der Waals surface area contributed by atoms with Gasteiger partial charge in [-0.3, -0.25) is 9.59 Å². The van der Waals surface area contributed by atoms with Gasteiger partial charge < -0.3 is 15.0 Å². The normalized spacial score (nSPS) is 12.7. The van der Waals surface area contributed by atoms with Crippen LogP contribution in [0.4, 0.5) is 11.4 Å². The summed E-state index contributed by atoms with van der Waals surface area (Å²) in [7, 11) is 1.60. The topological polar surface area (TPSA) is 58.6 Å². The van der Waals surface area contributed by atoms with Gasteiger partial charge in [0.2, 0.25) is 5.91 Å². The Balaban J connectivity index is 1.94. The van der Waals surface area contributed by atoms with Crippen molar-refractivity contribution in [3.8, 4) is 5.75 Å². The predicted octanol–water partition coefficient (Wildman–Crippen LogP) is 3.93. The Labute approximate surface area is 155 Å². The van der Waals surface area contributed by atoms with Crippen molar-refractivity contribution in [3.63, 3.8) is 0 Å². The Bertz CT molecular complexity index is 864. The van der Waals surface area contributed by atoms with Crippen molar-refractivity contribution in [2.45, 2.75) is 20.3 Å². The van der Waals surface area contributed by atoms with Gasteiger partial charge in [-0.25, -0.2) is 0 Å². The summed E-state index contributed by atoms with van der Waals surface area (Å²) < 4.78 is 6.11. The number of fused-ring (bicyclic) bond motifs is 1. The molecular formula is C19H19BrN2O3. The highest BCUT2D eigenvalue weighted by atomic mass is 79.9. The predicted molar refractivity (Wildman–Crippen MR) is 102 cm³/mol. The van der Waals surface area contributed by atoms with Gasteiger partial charge in [-0.15, -0.1) is 0 Å². The second-order valence-corrected chi connectivity index (χ2v) is 6.94. The van der Waals surface area contributed by atoms with Crippen molar-refractivity contribution in [1.29, 1.82) is 0 Å². The minimum atomic E-state index is -0.221. The van der Waals surface area contributed by atoms with Gasteiger partial charge in [0.15, 0.2) is 0 Å². The van der Waals surface area contributed by atoms with Gasteiger partial charge in [-0.05, 0) is 54.8 Å². The van der Waals surface area contributed by atoms with Crippen LogP contribution in [0.1, 0.15) is 28.4 Å². The van der Waals surface area contributed by atoms with Crippen LogP contribution in [0.5, 0.6) is 5.75 Å². The first-order chi connectivity index (χ1) is 11.9. The summed E-state index contributed by atoms with van der Waals surface area (Å²) >= 11 is 3.48. The maximum Gasteiger partial charge on any atom is 0.255 e. The highest BCUT2D eigenvalue weighted by molar-refractivity contribution is 9.10. The molecule has 0 unspecified atom stereocenters. The van der Waals surface area contributed by atoms with Gasteiger partial charge >= 0.3 is 0 Å². The number of methoxy groups -OCH3 is 1. The standard InChI is InChI=1S/C19H19BrN2O3/c1-11-8-14(4-5-17(11)25-3)19(24)21-16-10-15(20)9-13-6-7-22(12(2)23)18(13)16/h4-5,8-10H,6-7H2,1-3H3,(H,21,24). The lowest BCUT2D eigenvalue weighted by atomic mass is 10.1. The van der Waals surface area contributed by atoms with Gasteiger partial charge in [-0.1, -0.05) is 15.9 Å². The average Bonchev–Trinajstić information content (AvgIpc) is 2.98. The molecule has 1 aliphatic heterocycles. The molecule has 3 rings (SSSR count). The van der Waals surface area contributed by atoms with Crippen molar-refractivity contribution in [1.82, 2.24) is 0 Å². The molecule has 25 heavy (non-hydrogen) atoms. The lowest BCUT2D eigenvalue weighted by molar-refractivity contribution is -0.116. The number of aryl methyl sites for hydroxylation is 1. The largest absolute Gasteiger partial charge is 0.496 e. The molecule has 0 atom stereocenters. The zero-order chi connectivity index (χ0) is 18.1. The molecule has 130 valence electrons. The zero-order valence-corrected chi connectivity index (χ0v) is 15.9. The SMILES string of the molecule is COc1ccc(C(=O)Nc2cc(Br)cc3c2N(C(C)=O)CC3)cc1C. The van der Waals surface area contributed by atoms with Crippen LogP contribution in [0.25, 0.3) is 0 Å². The number of ether oxygens (including phenoxy) is 1. The van der Waals surface area contributed by atoms with Crippen LogP contribution >= 0.6 is 15.9 Å². The van der Waals surface area contributed by atoms with E-state index in [1.165, 1.54) is 6.92 Å². The lowest BCUT2D eigenvalue weighted by Crippen LogP contribution is -2.27. The number of anilines is 2. The molecule has 1 aliphatic rings. The van der Waals surface area contributed by atoms with Gasteiger partial charge in [0.1, 0.15) is 5.75 Å². The van der Waals surface area contributed by atoms with Crippen molar-refractivity contribution in [3.05, 3.63) is 51.5 Å². The van der Waals surface area contributed by atoms with Gasteiger partial charge in [-0.2, -0.15) is 0 Å². The van der Waals surface area contributed by atoms with E-state index in [1.807, 2.05) is 19.1 Å². The van der Waals surface area contributed by atoms with Crippen LogP contribution in [-0.4, -0.2) is 25.5 Å². The Hall–Kier alpha value is -2.34. The fraction of sp³-hybridized carbons (Fsp3) is 0.263. The van der Waals surface area contributed by atoms with E-state index in [0.29, 0.717) is 17.8 Å². The number of benzene rings is 2. The molecule has 0 spiro atoms. The van der Waals surface area contributed by atoms with E-state index >= 15 is 0 Å². The minimum absolute atomic E-state index is 0.0307. The highest BCUT2D eigenvalue weighted by Crippen LogP contribution is 2.38. The molecule has 2 aromatic carbocycles. The summed E-state index contributed by atoms with van der Waals surface area (Å²) in [6, 6.07) is 9.11. The minimum Gasteiger partial charge on any atom is -0.496 e. The molecule has 0 radical (unpaired) electrons. The first kappa shape index (κ1) is 17.5. The van der Waals surface area contributed by atoms with Gasteiger partial charge in [0, 0.05) is 23.5 Å². The quantitative estimate of drug-likeness (QED) is 0.845. The molecule has 2 aromatic rings. The fourth-order valence-corrected chi connectivity index (χ4v) is 3.64. The Morgan fingerprint density at radius 2 is 2.00 bits per heavy atom. The average molecular weight is 403 g/mol. The van der Waals surface area contributed by atoms with E-state index in [1.54, 1.807) is 30.2 Å². The highest BCUT2D eigenvalue weighted by Gasteiger charge is 2.26. The van der Waals surface area contributed by atoms with Crippen LogP contribution in [0, 0.1) is 6.92 Å². The van der Waals surface area contributed by atoms with Crippen LogP contribution < -0.4 is 15.0 Å². The van der Waals surface area contributed by atoms with Crippen molar-refractivity contribution >= 4 is 39.1 Å². The van der Waals surface area contributed by atoms with Gasteiger partial charge in [0.25, 0.3) is 5.91 Å². The molecule has 1 heterocycles. The third kappa shape index (κ3) is 3.39. The summed E-state index contributed by atoms with van der Waals surface area (Å²) in [6.07, 6.45) is 0.777. The van der Waals surface area contributed by atoms with E-state index in [0.717, 1.165) is 33.5 Å². The van der Waals surface area contributed by atoms with Crippen LogP contribution in [0.15, 0.2) is 34.8 Å². The zero-order valence-electron chi connectivity index (χ0n) is 14.4. The first-order valence-corrected chi connectivity index (χ1v) is 8.76. The summed E-state index contributed by atoms with van der Waals surface area (Å²) in [4.78, 5) is 26.3. The second-order valence-electron chi connectivity index (χ2n) is 6.02. The van der Waals surface area contributed by atoms with Crippen LogP contribution in [-0.2, 0) is 11.2 Å². The number of carbonyl (C=O) groups is 2. The van der Waals surface area contributed by atoms with E-state index < -0.39 is 0 Å². The maximum atomic E-state index is 12.7. The van der Waals surface area contributed by atoms with Crippen molar-refractivity contribution in [2.24, 2.45) is 0 Å². The van der Waals surface area contributed by atoms with E-state index in [4.69, 9.17) is 4.74 Å². The molecule has 1 N–H and O–H groups in total. The third-order valence-electron chi connectivity index (χ3n) is 4.31. The summed E-state index contributed by atoms with van der Waals surface area (Å²) in [5.74, 6) is 0.487. The summed E-state index contributed by atoms with van der Waals surface area (Å²) in [5, 5.41) is 2.95. The van der Waals surface area contributed by atoms with Crippen molar-refractivity contribution in [2.75, 3.05) is 23.9 Å². The molecule has 6 heteroatoms. The number of rotatable bonds is 3. The third-order valence-corrected chi connectivity index (χ3v) is 4.77. The molecular weight excluding hydrogens is 384 g/mol. The number of halogens is 1. The number of hydrogen-bond donors (Lipinski definition) is 1. The van der Waals surface area contributed by atoms with Gasteiger partial charge in [0.05, 0.1) is 18.5 Å². The number of amides is 2. The second kappa shape index (κ2) is 6.88. The molecule has 5 nitrogen and oxygen atoms in total. The number of carbonyl (C=O) groups excluding carboxylic acids is 2. The molecule has 0 aromatic heterocycles. The molecule has 0 fully saturated rings. The fourth-order valence-electron chi connectivity index (χ4n) is 3.13. The lowest BCUT2D eigenvalue weighted by Gasteiger charge is -2.19. The molecule has 0 bridgehead atoms. The number of hydrogen-bond acceptors (Lipinski definition) is 3. The Morgan fingerprint density at radius 3 is 2.64 bits per heavy atom. The monoisotopic (exact) mass is 402 g/mol. The Kier molecular flexibility index (Phi) is 4.81. The number of nitrogens with one attached hydrogen (secondary N) is 1. The van der Waals surface area contributed by atoms with Crippen LogP contribution in [0.3, 0.4) is 0 Å². The van der Waals surface area contributed by atoms with Crippen molar-refractivity contribution < 1.29 is 14.3 Å². The van der Waals surface area contributed by atoms with E-state index in [9.17, 15) is 9.59 Å². The molecule has 0 saturated heterocycles. The maximum absolute atomic E-state index is 12.7. The molecule has 2 amide bonds. The Morgan fingerprint density at radius 1 is 1.24 bits per heavy atom. The van der Waals surface area contributed by atoms with E-state index in [2.05, 4.69) is 21.2 Å².